The number of anilines is 3. The third-order valence-electron chi connectivity index (χ3n) is 14.5. The van der Waals surface area contributed by atoms with Crippen molar-refractivity contribution >= 4 is 124 Å². The Morgan fingerprint density at radius 3 is 1.50 bits per heavy atom. The van der Waals surface area contributed by atoms with Crippen LogP contribution < -0.4 is 4.90 Å². The second-order valence-electron chi connectivity index (χ2n) is 18.4. The van der Waals surface area contributed by atoms with Crippen molar-refractivity contribution in [2.24, 2.45) is 0 Å². The number of para-hydroxylation sites is 1. The van der Waals surface area contributed by atoms with Gasteiger partial charge in [0.25, 0.3) is 0 Å². The van der Waals surface area contributed by atoms with E-state index in [0.717, 1.165) is 39.0 Å². The molecule has 0 atom stereocenters. The SMILES string of the molecule is CC1(C)c2ccccc2-c2ccc(N(c3ccc4oc5ccccc5c4c3)c3ccc4c5ccccc5c5ccccc5c5ccccc5c5cc6c(cc5c4c3)sc3ccccc36)cc21. The standard InChI is InChI=1S/C63H41NOS/c1-63(2)57-24-12-9-21-48(57)49-31-28-40(35-58(49)63)64(39-29-32-60-55(34-39)50-22-10-13-25-59(50)65-60)38-27-30-47-45-19-6-5-17-43(45)41-15-3-4-16-42(41)44-18-7-8-20-46(44)53-36-56-51-23-11-14-26-61(51)66-62(56)37-54(53)52(47)33-38/h3-37H,1-2H3. The fourth-order valence-electron chi connectivity index (χ4n) is 11.3. The van der Waals surface area contributed by atoms with Crippen molar-refractivity contribution in [1.29, 1.82) is 0 Å². The molecule has 11 aromatic carbocycles. The van der Waals surface area contributed by atoms with Gasteiger partial charge in [-0.25, -0.2) is 0 Å². The van der Waals surface area contributed by atoms with Gasteiger partial charge in [0, 0.05) is 53.4 Å². The lowest BCUT2D eigenvalue weighted by Crippen LogP contribution is -2.16. The first kappa shape index (κ1) is 37.4. The summed E-state index contributed by atoms with van der Waals surface area (Å²) in [6.45, 7) is 4.73. The number of benzene rings is 10. The van der Waals surface area contributed by atoms with Crippen LogP contribution in [0.25, 0.3) is 107 Å². The lowest BCUT2D eigenvalue weighted by Gasteiger charge is -2.28. The molecule has 0 saturated carbocycles. The minimum Gasteiger partial charge on any atom is -0.456 e. The molecular formula is C63H41NOS. The summed E-state index contributed by atoms with van der Waals surface area (Å²) in [6.07, 6.45) is 0. The third kappa shape index (κ3) is 5.41. The van der Waals surface area contributed by atoms with Crippen LogP contribution in [-0.4, -0.2) is 0 Å². The van der Waals surface area contributed by atoms with E-state index >= 15 is 0 Å². The topological polar surface area (TPSA) is 16.4 Å². The molecule has 0 bridgehead atoms. The molecule has 0 unspecified atom stereocenters. The summed E-state index contributed by atoms with van der Waals surface area (Å²) in [5.74, 6) is 0. The van der Waals surface area contributed by atoms with E-state index in [4.69, 9.17) is 4.42 Å². The summed E-state index contributed by atoms with van der Waals surface area (Å²) < 4.78 is 8.99. The fourth-order valence-corrected chi connectivity index (χ4v) is 12.5. The smallest absolute Gasteiger partial charge is 0.135 e. The molecule has 0 amide bonds. The Labute approximate surface area is 385 Å². The molecule has 0 fully saturated rings. The Hall–Kier alpha value is -7.98. The van der Waals surface area contributed by atoms with E-state index < -0.39 is 0 Å². The van der Waals surface area contributed by atoms with Gasteiger partial charge in [0.05, 0.1) is 0 Å². The highest BCUT2D eigenvalue weighted by Gasteiger charge is 2.36. The highest BCUT2D eigenvalue weighted by Crippen LogP contribution is 2.51. The van der Waals surface area contributed by atoms with Gasteiger partial charge in [0.1, 0.15) is 11.2 Å². The van der Waals surface area contributed by atoms with E-state index in [9.17, 15) is 0 Å². The zero-order chi connectivity index (χ0) is 43.7. The molecule has 1 aliphatic carbocycles. The van der Waals surface area contributed by atoms with Crippen LogP contribution in [0.3, 0.4) is 0 Å². The second kappa shape index (κ2) is 14.0. The maximum atomic E-state index is 6.41. The van der Waals surface area contributed by atoms with Crippen molar-refractivity contribution in [2.75, 3.05) is 4.90 Å². The number of thiophene rings is 1. The van der Waals surface area contributed by atoms with Gasteiger partial charge in [0.2, 0.25) is 0 Å². The molecule has 0 spiro atoms. The van der Waals surface area contributed by atoms with Gasteiger partial charge in [0.15, 0.2) is 0 Å². The monoisotopic (exact) mass is 859 g/mol. The van der Waals surface area contributed by atoms with Crippen LogP contribution in [0.5, 0.6) is 0 Å². The molecule has 0 N–H and O–H groups in total. The number of rotatable bonds is 3. The van der Waals surface area contributed by atoms with E-state index in [1.54, 1.807) is 0 Å². The maximum Gasteiger partial charge on any atom is 0.135 e. The summed E-state index contributed by atoms with van der Waals surface area (Å²) in [7, 11) is 0. The molecule has 310 valence electrons. The molecule has 2 nitrogen and oxygen atoms in total. The van der Waals surface area contributed by atoms with Crippen LogP contribution in [0.4, 0.5) is 17.1 Å². The van der Waals surface area contributed by atoms with Gasteiger partial charge in [-0.3, -0.25) is 0 Å². The van der Waals surface area contributed by atoms with Crippen molar-refractivity contribution < 1.29 is 4.42 Å². The molecule has 0 aliphatic heterocycles. The normalized spacial score (nSPS) is 13.1. The Morgan fingerprint density at radius 2 is 0.788 bits per heavy atom. The quantitative estimate of drug-likeness (QED) is 0.176. The van der Waals surface area contributed by atoms with Crippen molar-refractivity contribution in [3.05, 3.63) is 223 Å². The highest BCUT2D eigenvalue weighted by molar-refractivity contribution is 7.25. The van der Waals surface area contributed by atoms with Gasteiger partial charge in [-0.15, -0.1) is 11.3 Å². The lowest BCUT2D eigenvalue weighted by atomic mass is 9.82. The molecule has 66 heavy (non-hydrogen) atoms. The summed E-state index contributed by atoms with van der Waals surface area (Å²) in [4.78, 5) is 2.46. The fraction of sp³-hybridized carbons (Fsp3) is 0.0476. The third-order valence-corrected chi connectivity index (χ3v) is 15.6. The van der Waals surface area contributed by atoms with E-state index in [0.29, 0.717) is 0 Å². The predicted molar refractivity (Wildman–Crippen MR) is 284 cm³/mol. The predicted octanol–water partition coefficient (Wildman–Crippen LogP) is 18.6. The first-order chi connectivity index (χ1) is 32.5. The zero-order valence-corrected chi connectivity index (χ0v) is 37.3. The van der Waals surface area contributed by atoms with Crippen LogP contribution in [0, 0.1) is 0 Å². The first-order valence-corrected chi connectivity index (χ1v) is 23.6. The Kier molecular flexibility index (Phi) is 7.94. The summed E-state index contributed by atoms with van der Waals surface area (Å²) >= 11 is 1.88. The van der Waals surface area contributed by atoms with Crippen LogP contribution >= 0.6 is 11.3 Å². The molecule has 3 heteroatoms. The number of nitrogens with zero attached hydrogens (tertiary/aromatic N) is 1. The summed E-state index contributed by atoms with van der Waals surface area (Å²) in [5.41, 5.74) is 10.2. The minimum absolute atomic E-state index is 0.164. The molecule has 0 saturated heterocycles. The van der Waals surface area contributed by atoms with Crippen molar-refractivity contribution in [3.63, 3.8) is 0 Å². The zero-order valence-electron chi connectivity index (χ0n) is 36.5. The van der Waals surface area contributed by atoms with Crippen molar-refractivity contribution in [1.82, 2.24) is 0 Å². The molecule has 0 radical (unpaired) electrons. The van der Waals surface area contributed by atoms with Gasteiger partial charge in [-0.1, -0.05) is 159 Å². The Bertz CT molecular complexity index is 4280. The minimum atomic E-state index is -0.164. The van der Waals surface area contributed by atoms with Crippen LogP contribution in [0.1, 0.15) is 25.0 Å². The average molecular weight is 860 g/mol. The van der Waals surface area contributed by atoms with Gasteiger partial charge in [-0.2, -0.15) is 0 Å². The Morgan fingerprint density at radius 1 is 0.318 bits per heavy atom. The van der Waals surface area contributed by atoms with E-state index in [1.165, 1.54) is 96.3 Å². The maximum absolute atomic E-state index is 6.41. The average Bonchev–Trinajstić information content (AvgIpc) is 4.00. The highest BCUT2D eigenvalue weighted by atomic mass is 32.1. The number of hydrogen-bond donors (Lipinski definition) is 0. The van der Waals surface area contributed by atoms with Crippen LogP contribution in [0.2, 0.25) is 0 Å². The number of hydrogen-bond acceptors (Lipinski definition) is 3. The van der Waals surface area contributed by atoms with Crippen molar-refractivity contribution in [2.45, 2.75) is 19.3 Å². The van der Waals surface area contributed by atoms with E-state index in [2.05, 4.69) is 225 Å². The van der Waals surface area contributed by atoms with Crippen LogP contribution in [-0.2, 0) is 5.41 Å². The number of fused-ring (bicyclic) bond motifs is 19. The second-order valence-corrected chi connectivity index (χ2v) is 19.5. The van der Waals surface area contributed by atoms with E-state index in [-0.39, 0.29) is 5.41 Å². The number of furan rings is 1. The molecule has 1 aliphatic rings. The van der Waals surface area contributed by atoms with Gasteiger partial charge >= 0.3 is 0 Å². The molecule has 2 heterocycles. The molecule has 14 rings (SSSR count). The lowest BCUT2D eigenvalue weighted by molar-refractivity contribution is 0.660. The van der Waals surface area contributed by atoms with Crippen molar-refractivity contribution in [3.8, 4) is 11.1 Å². The largest absolute Gasteiger partial charge is 0.456 e. The molecule has 2 aromatic heterocycles. The summed E-state index contributed by atoms with van der Waals surface area (Å²) in [6, 6.07) is 79.0. The Balaban J connectivity index is 1.15. The van der Waals surface area contributed by atoms with Gasteiger partial charge < -0.3 is 9.32 Å². The van der Waals surface area contributed by atoms with Crippen LogP contribution in [0.15, 0.2) is 217 Å². The molecular weight excluding hydrogens is 819 g/mol. The molecule has 13 aromatic rings. The summed E-state index contributed by atoms with van der Waals surface area (Å²) in [5, 5.41) is 17.0. The first-order valence-electron chi connectivity index (χ1n) is 22.8. The van der Waals surface area contributed by atoms with E-state index in [1.807, 2.05) is 17.4 Å². The van der Waals surface area contributed by atoms with Gasteiger partial charge in [-0.05, 0) is 143 Å².